The van der Waals surface area contributed by atoms with E-state index in [-0.39, 0.29) is 12.1 Å². The highest BCUT2D eigenvalue weighted by Gasteiger charge is 2.32. The van der Waals surface area contributed by atoms with Crippen LogP contribution in [0.15, 0.2) is 12.2 Å². The Balaban J connectivity index is 2.29. The molecule has 1 fully saturated rings. The van der Waals surface area contributed by atoms with Crippen LogP contribution in [0, 0.1) is 5.92 Å². The van der Waals surface area contributed by atoms with Crippen molar-refractivity contribution >= 4 is 5.97 Å². The second kappa shape index (κ2) is 9.18. The Kier molecular flexibility index (Phi) is 7.79. The number of allylic oxidation sites excluding steroid dienone is 1. The van der Waals surface area contributed by atoms with Gasteiger partial charge in [-0.15, -0.1) is 0 Å². The summed E-state index contributed by atoms with van der Waals surface area (Å²) < 4.78 is 5.41. The molecule has 0 aromatic carbocycles. The van der Waals surface area contributed by atoms with Crippen LogP contribution in [-0.4, -0.2) is 12.1 Å². The van der Waals surface area contributed by atoms with Crippen molar-refractivity contribution in [1.82, 2.24) is 0 Å². The highest BCUT2D eigenvalue weighted by Crippen LogP contribution is 2.27. The fraction of sp³-hybridized carbons (Fsp3) is 0.812. The molecule has 0 amide bonds. The van der Waals surface area contributed by atoms with Crippen molar-refractivity contribution in [1.29, 1.82) is 0 Å². The van der Waals surface area contributed by atoms with Crippen LogP contribution in [0.4, 0.5) is 0 Å². The van der Waals surface area contributed by atoms with Crippen LogP contribution in [-0.2, 0) is 9.53 Å². The summed E-state index contributed by atoms with van der Waals surface area (Å²) in [5.41, 5.74) is 0. The molecule has 0 aliphatic carbocycles. The molecular formula is C16H28O2. The predicted molar refractivity (Wildman–Crippen MR) is 75.4 cm³/mol. The van der Waals surface area contributed by atoms with Gasteiger partial charge in [-0.1, -0.05) is 51.7 Å². The normalized spacial score (nSPS) is 23.8. The summed E-state index contributed by atoms with van der Waals surface area (Å²) in [6.07, 6.45) is 14.8. The lowest BCUT2D eigenvalue weighted by atomic mass is 9.96. The van der Waals surface area contributed by atoms with Gasteiger partial charge in [0.15, 0.2) is 0 Å². The van der Waals surface area contributed by atoms with E-state index in [1.807, 2.05) is 0 Å². The number of unbranched alkanes of at least 4 members (excludes halogenated alkanes) is 5. The van der Waals surface area contributed by atoms with Gasteiger partial charge in [-0.3, -0.25) is 4.79 Å². The molecule has 104 valence electrons. The van der Waals surface area contributed by atoms with E-state index in [1.165, 1.54) is 38.5 Å². The van der Waals surface area contributed by atoms with E-state index in [1.54, 1.807) is 0 Å². The third kappa shape index (κ3) is 5.70. The topological polar surface area (TPSA) is 26.3 Å². The zero-order valence-electron chi connectivity index (χ0n) is 12.0. The first-order valence-corrected chi connectivity index (χ1v) is 7.64. The van der Waals surface area contributed by atoms with Gasteiger partial charge in [0.1, 0.15) is 6.10 Å². The molecule has 2 nitrogen and oxygen atoms in total. The summed E-state index contributed by atoms with van der Waals surface area (Å²) >= 11 is 0. The van der Waals surface area contributed by atoms with E-state index in [0.29, 0.717) is 12.3 Å². The molecule has 0 N–H and O–H groups in total. The summed E-state index contributed by atoms with van der Waals surface area (Å²) in [6.45, 7) is 4.42. The molecule has 1 aliphatic rings. The first-order valence-electron chi connectivity index (χ1n) is 7.64. The van der Waals surface area contributed by atoms with Crippen LogP contribution in [0.2, 0.25) is 0 Å². The molecule has 0 spiro atoms. The Morgan fingerprint density at radius 2 is 1.89 bits per heavy atom. The molecule has 18 heavy (non-hydrogen) atoms. The molecule has 0 unspecified atom stereocenters. The average molecular weight is 252 g/mol. The molecule has 1 aliphatic heterocycles. The Labute approximate surface area is 112 Å². The number of ether oxygens (including phenoxy) is 1. The van der Waals surface area contributed by atoms with Crippen molar-refractivity contribution in [2.24, 2.45) is 5.92 Å². The molecule has 0 bridgehead atoms. The first-order chi connectivity index (χ1) is 8.77. The summed E-state index contributed by atoms with van der Waals surface area (Å²) in [5.74, 6) is 0.315. The molecule has 0 saturated carbocycles. The number of rotatable bonds is 9. The van der Waals surface area contributed by atoms with Crippen molar-refractivity contribution in [2.45, 2.75) is 77.7 Å². The van der Waals surface area contributed by atoms with Crippen molar-refractivity contribution in [2.75, 3.05) is 0 Å². The van der Waals surface area contributed by atoms with Gasteiger partial charge < -0.3 is 4.74 Å². The Morgan fingerprint density at radius 1 is 1.17 bits per heavy atom. The predicted octanol–water partition coefficient (Wildman–Crippen LogP) is 4.63. The molecule has 1 saturated heterocycles. The maximum atomic E-state index is 11.4. The van der Waals surface area contributed by atoms with E-state index in [0.717, 1.165) is 12.8 Å². The van der Waals surface area contributed by atoms with Crippen LogP contribution < -0.4 is 0 Å². The van der Waals surface area contributed by atoms with Crippen LogP contribution in [0.5, 0.6) is 0 Å². The second-order valence-corrected chi connectivity index (χ2v) is 5.32. The first kappa shape index (κ1) is 15.3. The van der Waals surface area contributed by atoms with Gasteiger partial charge >= 0.3 is 5.97 Å². The lowest BCUT2D eigenvalue weighted by molar-refractivity contribution is -0.141. The van der Waals surface area contributed by atoms with Gasteiger partial charge in [-0.25, -0.2) is 0 Å². The van der Waals surface area contributed by atoms with E-state index in [4.69, 9.17) is 4.74 Å². The molecule has 0 aromatic rings. The minimum absolute atomic E-state index is 0.0142. The van der Waals surface area contributed by atoms with Crippen LogP contribution in [0.1, 0.15) is 71.6 Å². The number of carbonyl (C=O) groups excluding carboxylic acids is 1. The smallest absolute Gasteiger partial charge is 0.306 e. The van der Waals surface area contributed by atoms with E-state index in [2.05, 4.69) is 26.0 Å². The summed E-state index contributed by atoms with van der Waals surface area (Å²) in [5, 5.41) is 0. The SMILES string of the molecule is CCCCC/C=C/[C@@H]1CC(=O)O[C@H]1CCCCC. The number of esters is 1. The van der Waals surface area contributed by atoms with Gasteiger partial charge in [-0.05, 0) is 25.7 Å². The summed E-state index contributed by atoms with van der Waals surface area (Å²) in [6, 6.07) is 0. The van der Waals surface area contributed by atoms with Gasteiger partial charge in [0.25, 0.3) is 0 Å². The van der Waals surface area contributed by atoms with E-state index >= 15 is 0 Å². The van der Waals surface area contributed by atoms with Crippen LogP contribution in [0.3, 0.4) is 0 Å². The Hall–Kier alpha value is -0.790. The van der Waals surface area contributed by atoms with Gasteiger partial charge in [0.2, 0.25) is 0 Å². The quantitative estimate of drug-likeness (QED) is 0.339. The van der Waals surface area contributed by atoms with Gasteiger partial charge in [-0.2, -0.15) is 0 Å². The fourth-order valence-electron chi connectivity index (χ4n) is 2.47. The van der Waals surface area contributed by atoms with Crippen molar-refractivity contribution in [3.8, 4) is 0 Å². The number of hydrogen-bond donors (Lipinski definition) is 0. The van der Waals surface area contributed by atoms with Crippen molar-refractivity contribution in [3.63, 3.8) is 0 Å². The fourth-order valence-corrected chi connectivity index (χ4v) is 2.47. The maximum absolute atomic E-state index is 11.4. The minimum atomic E-state index is -0.0142. The Morgan fingerprint density at radius 3 is 2.61 bits per heavy atom. The molecule has 0 aromatic heterocycles. The third-order valence-electron chi connectivity index (χ3n) is 3.61. The lowest BCUT2D eigenvalue weighted by Crippen LogP contribution is -2.14. The molecule has 2 atom stereocenters. The molecule has 2 heteroatoms. The molecule has 0 radical (unpaired) electrons. The minimum Gasteiger partial charge on any atom is -0.462 e. The monoisotopic (exact) mass is 252 g/mol. The highest BCUT2D eigenvalue weighted by molar-refractivity contribution is 5.72. The largest absolute Gasteiger partial charge is 0.462 e. The zero-order valence-corrected chi connectivity index (χ0v) is 12.0. The van der Waals surface area contributed by atoms with Crippen molar-refractivity contribution < 1.29 is 9.53 Å². The van der Waals surface area contributed by atoms with Crippen LogP contribution in [0.25, 0.3) is 0 Å². The van der Waals surface area contributed by atoms with E-state index in [9.17, 15) is 4.79 Å². The summed E-state index contributed by atoms with van der Waals surface area (Å²) in [7, 11) is 0. The number of cyclic esters (lactones) is 1. The zero-order chi connectivity index (χ0) is 13.2. The molecule has 1 heterocycles. The van der Waals surface area contributed by atoms with Gasteiger partial charge in [0.05, 0.1) is 6.42 Å². The standard InChI is InChI=1S/C16H28O2/c1-3-5-7-8-10-11-14-13-16(17)18-15(14)12-9-6-4-2/h10-11,14-15H,3-9,12-13H2,1-2H3/b11-10+/t14-,15+/m1/s1. The number of carbonyl (C=O) groups is 1. The molecular weight excluding hydrogens is 224 g/mol. The van der Waals surface area contributed by atoms with E-state index < -0.39 is 0 Å². The third-order valence-corrected chi connectivity index (χ3v) is 3.61. The highest BCUT2D eigenvalue weighted by atomic mass is 16.5. The summed E-state index contributed by atoms with van der Waals surface area (Å²) in [4.78, 5) is 11.4. The maximum Gasteiger partial charge on any atom is 0.306 e. The Bertz CT molecular complexity index is 258. The molecule has 1 rings (SSSR count). The lowest BCUT2D eigenvalue weighted by Gasteiger charge is -2.14. The number of hydrogen-bond acceptors (Lipinski definition) is 2. The van der Waals surface area contributed by atoms with Gasteiger partial charge in [0, 0.05) is 5.92 Å². The van der Waals surface area contributed by atoms with Crippen molar-refractivity contribution in [3.05, 3.63) is 12.2 Å². The average Bonchev–Trinajstić information content (AvgIpc) is 2.70. The second-order valence-electron chi connectivity index (χ2n) is 5.32. The van der Waals surface area contributed by atoms with Crippen LogP contribution >= 0.6 is 0 Å².